The van der Waals surface area contributed by atoms with Crippen LogP contribution >= 0.6 is 0 Å². The van der Waals surface area contributed by atoms with Gasteiger partial charge in [-0.15, -0.1) is 0 Å². The molecule has 1 aliphatic rings. The second-order valence-corrected chi connectivity index (χ2v) is 7.67. The Hall–Kier alpha value is -1.59. The van der Waals surface area contributed by atoms with Crippen LogP contribution in [0, 0.1) is 5.92 Å². The van der Waals surface area contributed by atoms with Gasteiger partial charge in [-0.2, -0.15) is 0 Å². The van der Waals surface area contributed by atoms with Crippen LogP contribution in [0.1, 0.15) is 39.2 Å². The van der Waals surface area contributed by atoms with Crippen molar-refractivity contribution in [2.24, 2.45) is 11.7 Å². The van der Waals surface area contributed by atoms with Gasteiger partial charge in [0.05, 0.1) is 0 Å². The summed E-state index contributed by atoms with van der Waals surface area (Å²) in [6.45, 7) is 9.07. The third-order valence-corrected chi connectivity index (χ3v) is 4.28. The van der Waals surface area contributed by atoms with Gasteiger partial charge in [-0.25, -0.2) is 4.79 Å². The highest BCUT2D eigenvalue weighted by molar-refractivity contribution is 5.67. The molecule has 1 amide bonds. The fourth-order valence-electron chi connectivity index (χ4n) is 3.11. The first-order chi connectivity index (χ1) is 11.3. The summed E-state index contributed by atoms with van der Waals surface area (Å²) in [6, 6.07) is 10.5. The van der Waals surface area contributed by atoms with Crippen molar-refractivity contribution in [1.29, 1.82) is 0 Å². The van der Waals surface area contributed by atoms with Crippen LogP contribution in [0.3, 0.4) is 0 Å². The Morgan fingerprint density at radius 3 is 2.75 bits per heavy atom. The van der Waals surface area contributed by atoms with Crippen molar-refractivity contribution in [3.05, 3.63) is 35.9 Å². The third kappa shape index (κ3) is 6.49. The highest BCUT2D eigenvalue weighted by Crippen LogP contribution is 2.20. The average Bonchev–Trinajstić information content (AvgIpc) is 2.52. The number of nitrogens with zero attached hydrogens (tertiary/aromatic N) is 1. The maximum atomic E-state index is 11.8. The van der Waals surface area contributed by atoms with Crippen LogP contribution in [0.15, 0.2) is 30.3 Å². The Kier molecular flexibility index (Phi) is 6.63. The first-order valence-corrected chi connectivity index (χ1v) is 8.82. The molecule has 1 saturated heterocycles. The number of hydrogen-bond donors (Lipinski definition) is 2. The smallest absolute Gasteiger partial charge is 0.407 e. The summed E-state index contributed by atoms with van der Waals surface area (Å²) in [5.74, 6) is 0.400. The predicted octanol–water partition coefficient (Wildman–Crippen LogP) is 2.75. The molecule has 1 aliphatic heterocycles. The van der Waals surface area contributed by atoms with Crippen LogP contribution < -0.4 is 11.1 Å². The van der Waals surface area contributed by atoms with E-state index in [9.17, 15) is 4.79 Å². The number of carbonyl (C=O) groups is 1. The molecule has 3 N–H and O–H groups in total. The van der Waals surface area contributed by atoms with Gasteiger partial charge in [0.1, 0.15) is 5.60 Å². The lowest BCUT2D eigenvalue weighted by molar-refractivity contribution is 0.0515. The van der Waals surface area contributed by atoms with E-state index in [4.69, 9.17) is 10.5 Å². The minimum Gasteiger partial charge on any atom is -0.444 e. The Morgan fingerprint density at radius 2 is 2.08 bits per heavy atom. The van der Waals surface area contributed by atoms with Gasteiger partial charge in [0.25, 0.3) is 0 Å². The maximum absolute atomic E-state index is 11.8. The maximum Gasteiger partial charge on any atom is 0.407 e. The summed E-state index contributed by atoms with van der Waals surface area (Å²) in [5, 5.41) is 2.80. The molecule has 0 aliphatic carbocycles. The van der Waals surface area contributed by atoms with Gasteiger partial charge in [0.15, 0.2) is 0 Å². The third-order valence-electron chi connectivity index (χ3n) is 4.28. The van der Waals surface area contributed by atoms with E-state index in [1.165, 1.54) is 5.56 Å². The van der Waals surface area contributed by atoms with Crippen LogP contribution in [0.2, 0.25) is 0 Å². The molecule has 1 aromatic carbocycles. The number of nitrogens with one attached hydrogen (secondary N) is 1. The van der Waals surface area contributed by atoms with Crippen molar-refractivity contribution in [2.45, 2.75) is 51.8 Å². The van der Waals surface area contributed by atoms with E-state index >= 15 is 0 Å². The van der Waals surface area contributed by atoms with Gasteiger partial charge < -0.3 is 15.8 Å². The lowest BCUT2D eigenvalue weighted by Crippen LogP contribution is -2.49. The zero-order valence-corrected chi connectivity index (χ0v) is 15.1. The van der Waals surface area contributed by atoms with E-state index in [0.717, 1.165) is 32.5 Å². The average molecular weight is 333 g/mol. The lowest BCUT2D eigenvalue weighted by Gasteiger charge is -2.35. The predicted molar refractivity (Wildman–Crippen MR) is 96.7 cm³/mol. The molecule has 1 fully saturated rings. The minimum absolute atomic E-state index is 0.0453. The number of amides is 1. The molecule has 1 heterocycles. The summed E-state index contributed by atoms with van der Waals surface area (Å²) < 4.78 is 5.26. The van der Waals surface area contributed by atoms with Crippen molar-refractivity contribution in [2.75, 3.05) is 19.6 Å². The number of hydrogen-bond acceptors (Lipinski definition) is 4. The molecule has 0 aromatic heterocycles. The van der Waals surface area contributed by atoms with Crippen LogP contribution in [0.5, 0.6) is 0 Å². The van der Waals surface area contributed by atoms with Crippen LogP contribution in [0.25, 0.3) is 0 Å². The van der Waals surface area contributed by atoms with Crippen LogP contribution in [-0.4, -0.2) is 42.3 Å². The van der Waals surface area contributed by atoms with E-state index in [1.54, 1.807) is 0 Å². The molecule has 2 rings (SSSR count). The Morgan fingerprint density at radius 1 is 1.38 bits per heavy atom. The number of rotatable bonds is 5. The van der Waals surface area contributed by atoms with Gasteiger partial charge in [-0.3, -0.25) is 4.90 Å². The van der Waals surface area contributed by atoms with Gasteiger partial charge >= 0.3 is 6.09 Å². The lowest BCUT2D eigenvalue weighted by atomic mass is 9.91. The summed E-state index contributed by atoms with van der Waals surface area (Å²) in [6.07, 6.45) is 1.87. The molecule has 5 heteroatoms. The van der Waals surface area contributed by atoms with E-state index in [2.05, 4.69) is 34.5 Å². The number of ether oxygens (including phenoxy) is 1. The van der Waals surface area contributed by atoms with Crippen LogP contribution in [0.4, 0.5) is 4.79 Å². The highest BCUT2D eigenvalue weighted by atomic mass is 16.6. The molecule has 2 unspecified atom stereocenters. The van der Waals surface area contributed by atoms with Crippen molar-refractivity contribution in [3.8, 4) is 0 Å². The topological polar surface area (TPSA) is 67.6 Å². The van der Waals surface area contributed by atoms with Gasteiger partial charge in [-0.1, -0.05) is 30.3 Å². The molecule has 134 valence electrons. The quantitative estimate of drug-likeness (QED) is 0.869. The summed E-state index contributed by atoms with van der Waals surface area (Å²) >= 11 is 0. The Labute approximate surface area is 145 Å². The molecule has 24 heavy (non-hydrogen) atoms. The molecular weight excluding hydrogens is 302 g/mol. The van der Waals surface area contributed by atoms with Crippen molar-refractivity contribution in [3.63, 3.8) is 0 Å². The fraction of sp³-hybridized carbons (Fsp3) is 0.632. The van der Waals surface area contributed by atoms with Crippen molar-refractivity contribution in [1.82, 2.24) is 10.2 Å². The largest absolute Gasteiger partial charge is 0.444 e. The number of piperidine rings is 1. The Balaban J connectivity index is 1.77. The van der Waals surface area contributed by atoms with Crippen LogP contribution in [-0.2, 0) is 11.3 Å². The number of alkyl carbamates (subject to hydrolysis) is 1. The molecule has 1 aromatic rings. The van der Waals surface area contributed by atoms with E-state index < -0.39 is 11.7 Å². The normalized spacial score (nSPS) is 20.4. The summed E-state index contributed by atoms with van der Waals surface area (Å²) in [4.78, 5) is 14.2. The number of carbonyl (C=O) groups excluding carboxylic acids is 1. The summed E-state index contributed by atoms with van der Waals surface area (Å²) in [5.41, 5.74) is 7.17. The molecule has 2 atom stereocenters. The molecule has 0 saturated carbocycles. The van der Waals surface area contributed by atoms with Crippen molar-refractivity contribution >= 4 is 6.09 Å². The second-order valence-electron chi connectivity index (χ2n) is 7.67. The first kappa shape index (κ1) is 18.7. The highest BCUT2D eigenvalue weighted by Gasteiger charge is 2.26. The van der Waals surface area contributed by atoms with E-state index in [-0.39, 0.29) is 6.04 Å². The van der Waals surface area contributed by atoms with Gasteiger partial charge in [0.2, 0.25) is 0 Å². The number of benzene rings is 1. The zero-order chi connectivity index (χ0) is 17.6. The molecule has 0 radical (unpaired) electrons. The molecular formula is C19H31N3O2. The molecule has 0 bridgehead atoms. The first-order valence-electron chi connectivity index (χ1n) is 8.82. The Bertz CT molecular complexity index is 513. The number of nitrogens with two attached hydrogens (primary N) is 1. The second kappa shape index (κ2) is 8.49. The standard InChI is InChI=1S/C19H31N3O2/c1-19(2,3)24-18(23)21-12-17(20)16-10-7-11-22(14-16)13-15-8-5-4-6-9-15/h4-6,8-9,16-17H,7,10-14,20H2,1-3H3,(H,21,23). The van der Waals surface area contributed by atoms with E-state index in [0.29, 0.717) is 12.5 Å². The number of likely N-dealkylation sites (tertiary alicyclic amines) is 1. The monoisotopic (exact) mass is 333 g/mol. The van der Waals surface area contributed by atoms with Gasteiger partial charge in [0, 0.05) is 25.7 Å². The SMILES string of the molecule is CC(C)(C)OC(=O)NCC(N)C1CCCN(Cc2ccccc2)C1. The van der Waals surface area contributed by atoms with Crippen molar-refractivity contribution < 1.29 is 9.53 Å². The molecule has 5 nitrogen and oxygen atoms in total. The minimum atomic E-state index is -0.481. The fourth-order valence-corrected chi connectivity index (χ4v) is 3.11. The zero-order valence-electron chi connectivity index (χ0n) is 15.1. The molecule has 0 spiro atoms. The van der Waals surface area contributed by atoms with Gasteiger partial charge in [-0.05, 0) is 51.6 Å². The summed E-state index contributed by atoms with van der Waals surface area (Å²) in [7, 11) is 0. The van der Waals surface area contributed by atoms with E-state index in [1.807, 2.05) is 26.8 Å².